The maximum Gasteiger partial charge on any atom is 0.347 e. The number of anilines is 1. The zero-order valence-corrected chi connectivity index (χ0v) is 18.9. The number of fused-ring (bicyclic) bond motifs is 1. The van der Waals surface area contributed by atoms with Crippen molar-refractivity contribution in [2.24, 2.45) is 22.1 Å². The van der Waals surface area contributed by atoms with Gasteiger partial charge in [-0.1, -0.05) is 12.1 Å². The quantitative estimate of drug-likeness (QED) is 0.565. The van der Waals surface area contributed by atoms with E-state index in [4.69, 9.17) is 10.5 Å². The number of likely N-dealkylation sites (tertiary alicyclic amines) is 2. The van der Waals surface area contributed by atoms with Gasteiger partial charge < -0.3 is 20.7 Å². The summed E-state index contributed by atoms with van der Waals surface area (Å²) in [5.74, 6) is 1.05. The second kappa shape index (κ2) is 8.33. The van der Waals surface area contributed by atoms with Crippen molar-refractivity contribution in [1.82, 2.24) is 14.8 Å². The van der Waals surface area contributed by atoms with Gasteiger partial charge in [-0.2, -0.15) is 4.99 Å². The Balaban J connectivity index is 1.22. The Kier molecular flexibility index (Phi) is 5.51. The number of aliphatic imine (C=N–C) groups is 1. The van der Waals surface area contributed by atoms with Crippen molar-refractivity contribution < 1.29 is 9.53 Å². The molecule has 2 amide bonds. The number of rotatable bonds is 4. The van der Waals surface area contributed by atoms with E-state index in [9.17, 15) is 4.79 Å². The number of hydrogen-bond acceptors (Lipinski definition) is 5. The van der Waals surface area contributed by atoms with Crippen LogP contribution in [0.25, 0.3) is 10.9 Å². The maximum atomic E-state index is 12.7. The molecule has 1 atom stereocenters. The molecule has 1 saturated carbocycles. The predicted octanol–water partition coefficient (Wildman–Crippen LogP) is 2.94. The van der Waals surface area contributed by atoms with Crippen LogP contribution in [0.1, 0.15) is 25.7 Å². The number of methoxy groups -OCH3 is 1. The number of nitrogens with one attached hydrogen (secondary N) is 1. The Bertz CT molecular complexity index is 1040. The highest BCUT2D eigenvalue weighted by atomic mass is 16.5. The number of pyridine rings is 1. The molecule has 170 valence electrons. The lowest BCUT2D eigenvalue weighted by molar-refractivity contribution is -0.103. The normalized spacial score (nSPS) is 24.2. The lowest BCUT2D eigenvalue weighted by Crippen LogP contribution is -2.66. The first-order valence-electron chi connectivity index (χ1n) is 11.5. The van der Waals surface area contributed by atoms with Crippen LogP contribution >= 0.6 is 0 Å². The van der Waals surface area contributed by atoms with Gasteiger partial charge in [-0.05, 0) is 56.8 Å². The predicted molar refractivity (Wildman–Crippen MR) is 126 cm³/mol. The van der Waals surface area contributed by atoms with Crippen LogP contribution in [0.3, 0.4) is 0 Å². The smallest absolute Gasteiger partial charge is 0.347 e. The third-order valence-electron chi connectivity index (χ3n) is 7.31. The first-order chi connectivity index (χ1) is 15.4. The molecule has 8 nitrogen and oxygen atoms in total. The van der Waals surface area contributed by atoms with Crippen LogP contribution in [0.2, 0.25) is 0 Å². The van der Waals surface area contributed by atoms with Crippen LogP contribution in [-0.2, 0) is 0 Å². The number of nitrogens with zero attached hydrogens (tertiary/aromatic N) is 4. The molecule has 3 aliphatic rings. The number of amidine groups is 1. The summed E-state index contributed by atoms with van der Waals surface area (Å²) < 4.78 is 5.22. The molecule has 32 heavy (non-hydrogen) atoms. The van der Waals surface area contributed by atoms with E-state index in [1.807, 2.05) is 24.3 Å². The maximum absolute atomic E-state index is 12.7. The van der Waals surface area contributed by atoms with Crippen LogP contribution in [0.15, 0.2) is 35.3 Å². The minimum atomic E-state index is -0.461. The fourth-order valence-electron chi connectivity index (χ4n) is 5.83. The minimum absolute atomic E-state index is 0.126. The van der Waals surface area contributed by atoms with E-state index in [1.165, 1.54) is 25.9 Å². The molecule has 0 bridgehead atoms. The summed E-state index contributed by atoms with van der Waals surface area (Å²) in [4.78, 5) is 26.3. The van der Waals surface area contributed by atoms with Gasteiger partial charge in [-0.25, -0.2) is 9.78 Å². The van der Waals surface area contributed by atoms with E-state index < -0.39 is 6.03 Å². The van der Waals surface area contributed by atoms with E-state index in [2.05, 4.69) is 32.1 Å². The molecular formula is C24H32N6O2. The first-order valence-corrected chi connectivity index (χ1v) is 11.5. The molecule has 3 fully saturated rings. The van der Waals surface area contributed by atoms with Crippen LogP contribution < -0.4 is 15.8 Å². The van der Waals surface area contributed by atoms with Gasteiger partial charge in [0.15, 0.2) is 0 Å². The SMILES string of the molecule is COc1ccc2cccc(NC(=O)/N=C(\N)C3CCCN(C4CC5(C4)CN(C)C5)C3)c2n1. The zero-order valence-electron chi connectivity index (χ0n) is 18.9. The van der Waals surface area contributed by atoms with Crippen LogP contribution in [0, 0.1) is 11.3 Å². The summed E-state index contributed by atoms with van der Waals surface area (Å²) >= 11 is 0. The number of hydrogen-bond donors (Lipinski definition) is 2. The fourth-order valence-corrected chi connectivity index (χ4v) is 5.83. The summed E-state index contributed by atoms with van der Waals surface area (Å²) in [6, 6.07) is 9.54. The monoisotopic (exact) mass is 436 g/mol. The highest BCUT2D eigenvalue weighted by Crippen LogP contribution is 2.50. The zero-order chi connectivity index (χ0) is 22.3. The number of carbonyl (C=O) groups is 1. The number of benzene rings is 1. The van der Waals surface area contributed by atoms with Crippen molar-refractivity contribution in [3.63, 3.8) is 0 Å². The van der Waals surface area contributed by atoms with Gasteiger partial charge >= 0.3 is 6.03 Å². The van der Waals surface area contributed by atoms with Gasteiger partial charge in [0.2, 0.25) is 5.88 Å². The average molecular weight is 437 g/mol. The summed E-state index contributed by atoms with van der Waals surface area (Å²) in [6.07, 6.45) is 4.66. The molecule has 2 saturated heterocycles. The standard InChI is InChI=1S/C24H32N6O2/c1-29-14-24(15-29)11-18(12-24)30-10-4-6-17(13-30)22(25)28-23(31)26-19-7-3-5-16-8-9-20(32-2)27-21(16)19/h3,5,7-9,17-18H,4,6,10-15H2,1-2H3,(H3,25,26,28,31). The Labute approximate surface area is 188 Å². The molecule has 2 aromatic rings. The molecule has 1 aliphatic carbocycles. The molecule has 3 heterocycles. The van der Waals surface area contributed by atoms with Crippen molar-refractivity contribution in [1.29, 1.82) is 0 Å². The van der Waals surface area contributed by atoms with Crippen LogP contribution in [0.5, 0.6) is 5.88 Å². The van der Waals surface area contributed by atoms with Crippen LogP contribution in [-0.4, -0.2) is 73.0 Å². The van der Waals surface area contributed by atoms with Crippen molar-refractivity contribution in [2.45, 2.75) is 31.7 Å². The molecule has 5 rings (SSSR count). The number of urea groups is 1. The molecular weight excluding hydrogens is 404 g/mol. The Morgan fingerprint density at radius 1 is 1.28 bits per heavy atom. The van der Waals surface area contributed by atoms with E-state index >= 15 is 0 Å². The van der Waals surface area contributed by atoms with Gasteiger partial charge in [-0.15, -0.1) is 0 Å². The molecule has 1 unspecified atom stereocenters. The number of amides is 2. The van der Waals surface area contributed by atoms with E-state index in [1.54, 1.807) is 13.2 Å². The molecule has 8 heteroatoms. The summed E-state index contributed by atoms with van der Waals surface area (Å²) in [6.45, 7) is 4.49. The number of para-hydroxylation sites is 1. The Morgan fingerprint density at radius 3 is 2.84 bits per heavy atom. The Hall–Kier alpha value is -2.71. The molecule has 0 radical (unpaired) electrons. The van der Waals surface area contributed by atoms with Gasteiger partial charge in [0.05, 0.1) is 18.3 Å². The molecule has 3 N–H and O–H groups in total. The molecule has 1 aromatic heterocycles. The van der Waals surface area contributed by atoms with Crippen molar-refractivity contribution in [3.05, 3.63) is 30.3 Å². The number of nitrogens with two attached hydrogens (primary N) is 1. The number of piperidine rings is 1. The number of ether oxygens (including phenoxy) is 1. The number of aromatic nitrogens is 1. The lowest BCUT2D eigenvalue weighted by Gasteiger charge is -2.61. The summed E-state index contributed by atoms with van der Waals surface area (Å²) in [5, 5.41) is 3.77. The van der Waals surface area contributed by atoms with Gasteiger partial charge in [0, 0.05) is 43.0 Å². The van der Waals surface area contributed by atoms with Gasteiger partial charge in [-0.3, -0.25) is 4.90 Å². The second-order valence-corrected chi connectivity index (χ2v) is 9.77. The highest BCUT2D eigenvalue weighted by Gasteiger charge is 2.52. The average Bonchev–Trinajstić information content (AvgIpc) is 2.75. The Morgan fingerprint density at radius 2 is 2.09 bits per heavy atom. The lowest BCUT2D eigenvalue weighted by atomic mass is 9.60. The summed E-state index contributed by atoms with van der Waals surface area (Å²) in [7, 11) is 3.77. The largest absolute Gasteiger partial charge is 0.481 e. The van der Waals surface area contributed by atoms with E-state index in [-0.39, 0.29) is 5.92 Å². The number of carbonyl (C=O) groups excluding carboxylic acids is 1. The topological polar surface area (TPSA) is 96.1 Å². The third-order valence-corrected chi connectivity index (χ3v) is 7.31. The third kappa shape index (κ3) is 4.04. The molecule has 1 spiro atoms. The van der Waals surface area contributed by atoms with Crippen LogP contribution in [0.4, 0.5) is 10.5 Å². The molecule has 2 aliphatic heterocycles. The van der Waals surface area contributed by atoms with E-state index in [0.29, 0.717) is 34.4 Å². The van der Waals surface area contributed by atoms with Gasteiger partial charge in [0.25, 0.3) is 0 Å². The molecule has 1 aromatic carbocycles. The minimum Gasteiger partial charge on any atom is -0.481 e. The van der Waals surface area contributed by atoms with Gasteiger partial charge in [0.1, 0.15) is 5.84 Å². The van der Waals surface area contributed by atoms with E-state index in [0.717, 1.165) is 31.3 Å². The van der Waals surface area contributed by atoms with Crippen molar-refractivity contribution >= 4 is 28.5 Å². The first kappa shape index (κ1) is 21.2. The summed E-state index contributed by atoms with van der Waals surface area (Å²) in [5.41, 5.74) is 8.14. The van der Waals surface area contributed by atoms with Crippen molar-refractivity contribution in [3.8, 4) is 5.88 Å². The second-order valence-electron chi connectivity index (χ2n) is 9.77. The van der Waals surface area contributed by atoms with Crippen molar-refractivity contribution in [2.75, 3.05) is 45.7 Å². The fraction of sp³-hybridized carbons (Fsp3) is 0.542. The highest BCUT2D eigenvalue weighted by molar-refractivity contribution is 6.04.